The normalized spacial score (nSPS) is 28.1. The van der Waals surface area contributed by atoms with Gasteiger partial charge in [0.05, 0.1) is 5.54 Å². The Bertz CT molecular complexity index is 221. The first-order chi connectivity index (χ1) is 6.04. The third kappa shape index (κ3) is 2.42. The van der Waals surface area contributed by atoms with Crippen molar-refractivity contribution >= 4 is 11.9 Å². The molecule has 5 nitrogen and oxygen atoms in total. The predicted octanol–water partition coefficient (Wildman–Crippen LogP) is -0.287. The number of hydrogen-bond acceptors (Lipinski definition) is 3. The largest absolute Gasteiger partial charge is 0.351 e. The first-order valence-corrected chi connectivity index (χ1v) is 4.40. The minimum Gasteiger partial charge on any atom is -0.351 e. The lowest BCUT2D eigenvalue weighted by Gasteiger charge is -2.32. The Morgan fingerprint density at radius 2 is 2.15 bits per heavy atom. The average molecular weight is 185 g/mol. The quantitative estimate of drug-likeness (QED) is 0.525. The van der Waals surface area contributed by atoms with Crippen molar-refractivity contribution in [3.8, 4) is 0 Å². The number of carbonyl (C=O) groups excluding carboxylic acids is 2. The molecule has 1 aliphatic rings. The van der Waals surface area contributed by atoms with E-state index in [1.165, 1.54) is 0 Å². The van der Waals surface area contributed by atoms with Gasteiger partial charge in [-0.25, -0.2) is 4.79 Å². The maximum atomic E-state index is 11.5. The van der Waals surface area contributed by atoms with Gasteiger partial charge in [-0.2, -0.15) is 0 Å². The van der Waals surface area contributed by atoms with E-state index in [0.29, 0.717) is 0 Å². The highest BCUT2D eigenvalue weighted by Gasteiger charge is 2.34. The van der Waals surface area contributed by atoms with E-state index in [9.17, 15) is 9.59 Å². The molecule has 0 radical (unpaired) electrons. The second kappa shape index (κ2) is 3.74. The van der Waals surface area contributed by atoms with Gasteiger partial charge in [-0.05, 0) is 32.7 Å². The maximum absolute atomic E-state index is 11.5. The molecular formula is C8H15N3O2. The SMILES string of the molecule is CC1(C(=O)NC(N)=O)CCCCN1. The van der Waals surface area contributed by atoms with Gasteiger partial charge in [-0.1, -0.05) is 0 Å². The zero-order valence-corrected chi connectivity index (χ0v) is 7.72. The van der Waals surface area contributed by atoms with E-state index in [4.69, 9.17) is 5.73 Å². The third-order valence-electron chi connectivity index (χ3n) is 2.36. The minimum atomic E-state index is -0.793. The van der Waals surface area contributed by atoms with Gasteiger partial charge in [0.15, 0.2) is 0 Å². The number of hydrogen-bond donors (Lipinski definition) is 3. The molecule has 1 rings (SSSR count). The van der Waals surface area contributed by atoms with Crippen molar-refractivity contribution in [2.24, 2.45) is 5.73 Å². The Balaban J connectivity index is 2.56. The Morgan fingerprint density at radius 1 is 1.46 bits per heavy atom. The summed E-state index contributed by atoms with van der Waals surface area (Å²) in [4.78, 5) is 21.9. The second-order valence-corrected chi connectivity index (χ2v) is 3.53. The number of nitrogens with one attached hydrogen (secondary N) is 2. The topological polar surface area (TPSA) is 84.2 Å². The summed E-state index contributed by atoms with van der Waals surface area (Å²) < 4.78 is 0. The molecule has 0 bridgehead atoms. The highest BCUT2D eigenvalue weighted by atomic mass is 16.2. The van der Waals surface area contributed by atoms with Crippen molar-refractivity contribution in [2.75, 3.05) is 6.54 Å². The highest BCUT2D eigenvalue weighted by Crippen LogP contribution is 2.18. The molecule has 3 amide bonds. The van der Waals surface area contributed by atoms with Gasteiger partial charge in [-0.15, -0.1) is 0 Å². The average Bonchev–Trinajstić information content (AvgIpc) is 2.04. The first kappa shape index (κ1) is 9.98. The zero-order chi connectivity index (χ0) is 9.90. The molecule has 1 saturated heterocycles. The number of amides is 3. The molecule has 1 aliphatic heterocycles. The molecule has 13 heavy (non-hydrogen) atoms. The fourth-order valence-corrected chi connectivity index (χ4v) is 1.50. The fraction of sp³-hybridized carbons (Fsp3) is 0.750. The van der Waals surface area contributed by atoms with Gasteiger partial charge in [0.1, 0.15) is 0 Å². The van der Waals surface area contributed by atoms with Crippen molar-refractivity contribution in [1.29, 1.82) is 0 Å². The molecule has 5 heteroatoms. The van der Waals surface area contributed by atoms with Crippen molar-refractivity contribution in [3.63, 3.8) is 0 Å². The van der Waals surface area contributed by atoms with Crippen LogP contribution in [-0.2, 0) is 4.79 Å². The summed E-state index contributed by atoms with van der Waals surface area (Å²) in [7, 11) is 0. The number of carbonyl (C=O) groups is 2. The molecule has 0 spiro atoms. The Morgan fingerprint density at radius 3 is 2.62 bits per heavy atom. The molecule has 0 aromatic rings. The molecule has 0 saturated carbocycles. The van der Waals surface area contributed by atoms with Crippen LogP contribution in [0.15, 0.2) is 0 Å². The van der Waals surface area contributed by atoms with Crippen LogP contribution in [0, 0.1) is 0 Å². The number of piperidine rings is 1. The van der Waals surface area contributed by atoms with Crippen molar-refractivity contribution in [1.82, 2.24) is 10.6 Å². The predicted molar refractivity (Wildman–Crippen MR) is 48.0 cm³/mol. The van der Waals surface area contributed by atoms with Crippen LogP contribution in [0.1, 0.15) is 26.2 Å². The summed E-state index contributed by atoms with van der Waals surface area (Å²) in [5.74, 6) is -0.334. The van der Waals surface area contributed by atoms with Crippen LogP contribution in [0.25, 0.3) is 0 Å². The summed E-state index contributed by atoms with van der Waals surface area (Å²) >= 11 is 0. The molecule has 1 unspecified atom stereocenters. The van der Waals surface area contributed by atoms with E-state index >= 15 is 0 Å². The first-order valence-electron chi connectivity index (χ1n) is 4.40. The van der Waals surface area contributed by atoms with Gasteiger partial charge in [0.2, 0.25) is 5.91 Å². The van der Waals surface area contributed by atoms with Crippen LogP contribution in [0.5, 0.6) is 0 Å². The van der Waals surface area contributed by atoms with E-state index < -0.39 is 11.6 Å². The number of imide groups is 1. The summed E-state index contributed by atoms with van der Waals surface area (Å²) in [5.41, 5.74) is 4.23. The lowest BCUT2D eigenvalue weighted by Crippen LogP contribution is -2.58. The summed E-state index contributed by atoms with van der Waals surface area (Å²) in [6.45, 7) is 2.59. The number of urea groups is 1. The Hall–Kier alpha value is -1.10. The standard InChI is InChI=1S/C8H15N3O2/c1-8(4-2-3-5-10-8)6(12)11-7(9)13/h10H,2-5H2,1H3,(H3,9,11,12,13). The molecule has 74 valence electrons. The van der Waals surface area contributed by atoms with Crippen LogP contribution in [-0.4, -0.2) is 24.0 Å². The van der Waals surface area contributed by atoms with Gasteiger partial charge in [0.25, 0.3) is 0 Å². The summed E-state index contributed by atoms with van der Waals surface area (Å²) in [5, 5.41) is 5.17. The van der Waals surface area contributed by atoms with E-state index in [1.54, 1.807) is 6.92 Å². The van der Waals surface area contributed by atoms with Crippen LogP contribution in [0.2, 0.25) is 0 Å². The van der Waals surface area contributed by atoms with Gasteiger partial charge in [-0.3, -0.25) is 10.1 Å². The highest BCUT2D eigenvalue weighted by molar-refractivity contribution is 5.98. The van der Waals surface area contributed by atoms with Crippen LogP contribution < -0.4 is 16.4 Å². The molecule has 1 heterocycles. The molecule has 0 aromatic carbocycles. The van der Waals surface area contributed by atoms with Gasteiger partial charge in [0, 0.05) is 0 Å². The Labute approximate surface area is 77.1 Å². The van der Waals surface area contributed by atoms with Gasteiger partial charge >= 0.3 is 6.03 Å². The van der Waals surface area contributed by atoms with E-state index in [2.05, 4.69) is 10.6 Å². The third-order valence-corrected chi connectivity index (χ3v) is 2.36. The smallest absolute Gasteiger partial charge is 0.318 e. The second-order valence-electron chi connectivity index (χ2n) is 3.53. The number of rotatable bonds is 1. The maximum Gasteiger partial charge on any atom is 0.318 e. The van der Waals surface area contributed by atoms with Crippen molar-refractivity contribution < 1.29 is 9.59 Å². The molecule has 1 atom stereocenters. The summed E-state index contributed by atoms with van der Waals surface area (Å²) in [6.07, 6.45) is 2.81. The zero-order valence-electron chi connectivity index (χ0n) is 7.72. The molecule has 4 N–H and O–H groups in total. The number of nitrogens with two attached hydrogens (primary N) is 1. The molecule has 0 aliphatic carbocycles. The Kier molecular flexibility index (Phi) is 2.87. The monoisotopic (exact) mass is 185 g/mol. The summed E-state index contributed by atoms with van der Waals surface area (Å²) in [6, 6.07) is -0.793. The van der Waals surface area contributed by atoms with E-state index in [-0.39, 0.29) is 5.91 Å². The number of primary amides is 1. The van der Waals surface area contributed by atoms with Crippen LogP contribution in [0.4, 0.5) is 4.79 Å². The van der Waals surface area contributed by atoms with Crippen molar-refractivity contribution in [3.05, 3.63) is 0 Å². The molecule has 1 fully saturated rings. The van der Waals surface area contributed by atoms with E-state index in [0.717, 1.165) is 25.8 Å². The lowest BCUT2D eigenvalue weighted by molar-refractivity contribution is -0.126. The van der Waals surface area contributed by atoms with Gasteiger partial charge < -0.3 is 11.1 Å². The van der Waals surface area contributed by atoms with Crippen LogP contribution >= 0.6 is 0 Å². The van der Waals surface area contributed by atoms with Crippen LogP contribution in [0.3, 0.4) is 0 Å². The lowest BCUT2D eigenvalue weighted by atomic mass is 9.90. The molecular weight excluding hydrogens is 170 g/mol. The van der Waals surface area contributed by atoms with E-state index in [1.807, 2.05) is 0 Å². The minimum absolute atomic E-state index is 0.334. The molecule has 0 aromatic heterocycles. The fourth-order valence-electron chi connectivity index (χ4n) is 1.50. The van der Waals surface area contributed by atoms with Crippen molar-refractivity contribution in [2.45, 2.75) is 31.7 Å².